The molecule has 170 valence electrons. The number of aliphatic hydroxyl groups is 1. The molecule has 0 radical (unpaired) electrons. The second kappa shape index (κ2) is 11.0. The summed E-state index contributed by atoms with van der Waals surface area (Å²) in [5.74, 6) is -1.79. The summed E-state index contributed by atoms with van der Waals surface area (Å²) in [4.78, 5) is 52.7. The van der Waals surface area contributed by atoms with Crippen molar-refractivity contribution in [3.8, 4) is 0 Å². The van der Waals surface area contributed by atoms with Gasteiger partial charge in [-0.25, -0.2) is 4.79 Å². The second-order valence-electron chi connectivity index (χ2n) is 7.83. The molecule has 5 N–H and O–H groups in total. The first-order valence-electron chi connectivity index (χ1n) is 10.3. The molecule has 2 rings (SSSR count). The number of carboxylic acids is 1. The van der Waals surface area contributed by atoms with Crippen LogP contribution in [0, 0.1) is 0 Å². The zero-order valence-corrected chi connectivity index (χ0v) is 18.3. The van der Waals surface area contributed by atoms with E-state index < -0.39 is 54.0 Å². The van der Waals surface area contributed by atoms with Crippen molar-refractivity contribution in [1.82, 2.24) is 15.1 Å². The van der Waals surface area contributed by atoms with Gasteiger partial charge in [-0.05, 0) is 51.0 Å². The number of aliphatic hydroxyl groups excluding tert-OH is 1. The zero-order valence-electron chi connectivity index (χ0n) is 17.5. The summed E-state index contributed by atoms with van der Waals surface area (Å²) in [6.07, 6.45) is 3.26. The van der Waals surface area contributed by atoms with Gasteiger partial charge < -0.3 is 31.1 Å². The Morgan fingerprint density at radius 3 is 2.20 bits per heavy atom. The minimum atomic E-state index is -1.12. The molecule has 5 atom stereocenters. The molecule has 2 aliphatic rings. The second-order valence-corrected chi connectivity index (χ2v) is 8.81. The maximum atomic E-state index is 13.0. The van der Waals surface area contributed by atoms with Crippen molar-refractivity contribution in [2.24, 2.45) is 5.73 Å². The lowest BCUT2D eigenvalue weighted by atomic mass is 10.1. The summed E-state index contributed by atoms with van der Waals surface area (Å²) >= 11 is 1.52. The average molecular weight is 445 g/mol. The van der Waals surface area contributed by atoms with E-state index in [4.69, 9.17) is 5.73 Å². The molecule has 2 aliphatic heterocycles. The molecule has 11 heteroatoms. The Hall–Kier alpha value is -1.85. The summed E-state index contributed by atoms with van der Waals surface area (Å²) in [6.45, 7) is 2.12. The molecule has 0 aromatic heterocycles. The van der Waals surface area contributed by atoms with Crippen LogP contribution in [0.5, 0.6) is 0 Å². The fourth-order valence-electron chi connectivity index (χ4n) is 3.95. The molecular weight excluding hydrogens is 412 g/mol. The van der Waals surface area contributed by atoms with Crippen LogP contribution in [0.3, 0.4) is 0 Å². The van der Waals surface area contributed by atoms with E-state index in [0.29, 0.717) is 50.9 Å². The highest BCUT2D eigenvalue weighted by molar-refractivity contribution is 7.98. The topological polar surface area (TPSA) is 153 Å². The lowest BCUT2D eigenvalue weighted by Crippen LogP contribution is -2.57. The van der Waals surface area contributed by atoms with Crippen LogP contribution in [0.25, 0.3) is 0 Å². The first kappa shape index (κ1) is 24.4. The molecule has 0 aliphatic carbocycles. The maximum Gasteiger partial charge on any atom is 0.326 e. The van der Waals surface area contributed by atoms with Crippen molar-refractivity contribution in [2.45, 2.75) is 69.3 Å². The number of nitrogens with one attached hydrogen (secondary N) is 1. The van der Waals surface area contributed by atoms with Crippen molar-refractivity contribution < 1.29 is 29.4 Å². The normalized spacial score (nSPS) is 24.4. The molecule has 2 fully saturated rings. The molecular formula is C19H32N4O6S. The Bertz CT molecular complexity index is 661. The molecule has 30 heavy (non-hydrogen) atoms. The van der Waals surface area contributed by atoms with Crippen LogP contribution in [0.4, 0.5) is 0 Å². The number of carbonyl (C=O) groups is 4. The molecule has 0 spiro atoms. The highest BCUT2D eigenvalue weighted by Crippen LogP contribution is 2.22. The van der Waals surface area contributed by atoms with Crippen LogP contribution in [0.2, 0.25) is 0 Å². The average Bonchev–Trinajstić information content (AvgIpc) is 3.38. The Morgan fingerprint density at radius 2 is 1.67 bits per heavy atom. The summed E-state index contributed by atoms with van der Waals surface area (Å²) < 4.78 is 0. The molecule has 2 saturated heterocycles. The van der Waals surface area contributed by atoms with E-state index in [0.717, 1.165) is 0 Å². The number of rotatable bonds is 9. The molecule has 10 nitrogen and oxygen atoms in total. The van der Waals surface area contributed by atoms with E-state index in [1.165, 1.54) is 28.5 Å². The van der Waals surface area contributed by atoms with Gasteiger partial charge in [0.25, 0.3) is 0 Å². The molecule has 0 aromatic carbocycles. The highest BCUT2D eigenvalue weighted by Gasteiger charge is 2.41. The zero-order chi connectivity index (χ0) is 22.4. The van der Waals surface area contributed by atoms with Gasteiger partial charge in [0.2, 0.25) is 17.7 Å². The number of carboxylic acid groups (broad SMARTS) is 1. The van der Waals surface area contributed by atoms with Gasteiger partial charge in [0.15, 0.2) is 0 Å². The number of nitrogens with two attached hydrogens (primary N) is 1. The molecule has 0 aromatic rings. The van der Waals surface area contributed by atoms with Crippen LogP contribution in [-0.2, 0) is 19.2 Å². The van der Waals surface area contributed by atoms with Gasteiger partial charge in [-0.1, -0.05) is 0 Å². The lowest BCUT2D eigenvalue weighted by Gasteiger charge is -2.31. The third-order valence-corrected chi connectivity index (χ3v) is 6.33. The van der Waals surface area contributed by atoms with Crippen molar-refractivity contribution >= 4 is 35.5 Å². The van der Waals surface area contributed by atoms with Gasteiger partial charge in [0, 0.05) is 13.1 Å². The third-order valence-electron chi connectivity index (χ3n) is 5.69. The number of hydrogen-bond acceptors (Lipinski definition) is 7. The molecule has 0 bridgehead atoms. The van der Waals surface area contributed by atoms with E-state index in [-0.39, 0.29) is 0 Å². The van der Waals surface area contributed by atoms with Crippen LogP contribution < -0.4 is 11.1 Å². The van der Waals surface area contributed by atoms with E-state index >= 15 is 0 Å². The number of amides is 3. The number of aliphatic carboxylic acids is 1. The number of thioether (sulfide) groups is 1. The third kappa shape index (κ3) is 5.64. The van der Waals surface area contributed by atoms with Gasteiger partial charge >= 0.3 is 5.97 Å². The van der Waals surface area contributed by atoms with Gasteiger partial charge in [-0.15, -0.1) is 0 Å². The van der Waals surface area contributed by atoms with E-state index in [1.54, 1.807) is 0 Å². The quantitative estimate of drug-likeness (QED) is 0.353. The monoisotopic (exact) mass is 444 g/mol. The smallest absolute Gasteiger partial charge is 0.326 e. The molecule has 5 unspecified atom stereocenters. The summed E-state index contributed by atoms with van der Waals surface area (Å²) in [5.41, 5.74) is 5.75. The number of hydrogen-bond donors (Lipinski definition) is 4. The van der Waals surface area contributed by atoms with Gasteiger partial charge in [-0.3, -0.25) is 14.4 Å². The number of carbonyl (C=O) groups excluding carboxylic acids is 3. The SMILES string of the molecule is CSCCC(NC(=O)C1CCCN1C(=O)C(N)C(C)O)C(=O)N1CCCC1C(=O)O. The Kier molecular flexibility index (Phi) is 8.92. The van der Waals surface area contributed by atoms with Crippen LogP contribution >= 0.6 is 11.8 Å². The van der Waals surface area contributed by atoms with E-state index in [1.807, 2.05) is 6.26 Å². The standard InChI is InChI=1S/C19H32N4O6S/c1-11(24)15(20)18(27)22-8-3-5-13(22)16(25)21-12(7-10-30-2)17(26)23-9-4-6-14(23)19(28)29/h11-15,24H,3-10,20H2,1-2H3,(H,21,25)(H,28,29). The fraction of sp³-hybridized carbons (Fsp3) is 0.789. The predicted molar refractivity (Wildman–Crippen MR) is 112 cm³/mol. The van der Waals surface area contributed by atoms with Crippen molar-refractivity contribution in [3.05, 3.63) is 0 Å². The maximum absolute atomic E-state index is 13.0. The first-order valence-corrected chi connectivity index (χ1v) is 11.6. The highest BCUT2D eigenvalue weighted by atomic mass is 32.2. The first-order chi connectivity index (χ1) is 14.2. The Morgan fingerprint density at radius 1 is 1.10 bits per heavy atom. The Balaban J connectivity index is 2.11. The molecule has 2 heterocycles. The summed E-state index contributed by atoms with van der Waals surface area (Å²) in [7, 11) is 0. The molecule has 3 amide bonds. The Labute approximate surface area is 180 Å². The minimum absolute atomic E-state index is 0.346. The van der Waals surface area contributed by atoms with Crippen LogP contribution in [0.1, 0.15) is 39.0 Å². The molecule has 0 saturated carbocycles. The minimum Gasteiger partial charge on any atom is -0.480 e. The fourth-order valence-corrected chi connectivity index (χ4v) is 4.42. The van der Waals surface area contributed by atoms with Gasteiger partial charge in [-0.2, -0.15) is 11.8 Å². The summed E-state index contributed by atoms with van der Waals surface area (Å²) in [5, 5.41) is 21.7. The van der Waals surface area contributed by atoms with Crippen molar-refractivity contribution in [1.29, 1.82) is 0 Å². The largest absolute Gasteiger partial charge is 0.480 e. The van der Waals surface area contributed by atoms with E-state index in [2.05, 4.69) is 5.32 Å². The van der Waals surface area contributed by atoms with E-state index in [9.17, 15) is 29.4 Å². The van der Waals surface area contributed by atoms with Crippen LogP contribution in [-0.4, -0.2) is 99.1 Å². The van der Waals surface area contributed by atoms with Gasteiger partial charge in [0.05, 0.1) is 6.10 Å². The number of nitrogens with zero attached hydrogens (tertiary/aromatic N) is 2. The van der Waals surface area contributed by atoms with Crippen molar-refractivity contribution in [3.63, 3.8) is 0 Å². The number of likely N-dealkylation sites (tertiary alicyclic amines) is 2. The summed E-state index contributed by atoms with van der Waals surface area (Å²) in [6, 6.07) is -3.61. The van der Waals surface area contributed by atoms with Gasteiger partial charge in [0.1, 0.15) is 24.2 Å². The predicted octanol–water partition coefficient (Wildman–Crippen LogP) is -1.00. The van der Waals surface area contributed by atoms with Crippen LogP contribution in [0.15, 0.2) is 0 Å². The van der Waals surface area contributed by atoms with Crippen molar-refractivity contribution in [2.75, 3.05) is 25.1 Å². The lowest BCUT2D eigenvalue weighted by molar-refractivity contribution is -0.150.